The van der Waals surface area contributed by atoms with E-state index in [0.717, 1.165) is 17.3 Å². The summed E-state index contributed by atoms with van der Waals surface area (Å²) in [5.74, 6) is -0.221. The number of hydrogen-bond acceptors (Lipinski definition) is 5. The summed E-state index contributed by atoms with van der Waals surface area (Å²) in [5.41, 5.74) is 1.05. The molecule has 0 spiro atoms. The van der Waals surface area contributed by atoms with Gasteiger partial charge in [-0.05, 0) is 5.56 Å². The Morgan fingerprint density at radius 1 is 1.19 bits per heavy atom. The Labute approximate surface area is 151 Å². The molecule has 0 aliphatic rings. The number of nitrogens with one attached hydrogen (secondary N) is 2. The highest BCUT2D eigenvalue weighted by Crippen LogP contribution is 2.17. The van der Waals surface area contributed by atoms with Crippen LogP contribution in [0.25, 0.3) is 0 Å². The first-order valence-electron chi connectivity index (χ1n) is 7.44. The quantitative estimate of drug-likeness (QED) is 0.739. The first-order chi connectivity index (χ1) is 12.2. The third kappa shape index (κ3) is 6.39. The molecule has 2 aromatic rings. The van der Waals surface area contributed by atoms with Crippen molar-refractivity contribution < 1.29 is 22.8 Å². The van der Waals surface area contributed by atoms with Crippen LogP contribution < -0.4 is 10.6 Å². The number of benzene rings is 1. The largest absolute Gasteiger partial charge is 0.405 e. The average Bonchev–Trinajstić information content (AvgIpc) is 2.92. The molecule has 0 bridgehead atoms. The topological polar surface area (TPSA) is 88.9 Å². The zero-order valence-corrected chi connectivity index (χ0v) is 14.5. The summed E-state index contributed by atoms with van der Waals surface area (Å²) in [4.78, 5) is 22.8. The van der Waals surface area contributed by atoms with E-state index in [1.54, 1.807) is 16.9 Å². The zero-order valence-electron chi connectivity index (χ0n) is 13.7. The third-order valence-electron chi connectivity index (χ3n) is 3.16. The molecule has 0 saturated carbocycles. The molecule has 1 aromatic carbocycles. The molecule has 26 heavy (non-hydrogen) atoms. The van der Waals surface area contributed by atoms with Gasteiger partial charge in [-0.25, -0.2) is 4.79 Å². The summed E-state index contributed by atoms with van der Waals surface area (Å²) < 4.78 is 37.6. The Morgan fingerprint density at radius 2 is 1.88 bits per heavy atom. The molecule has 0 unspecified atom stereocenters. The molecular weight excluding hydrogens is 371 g/mol. The van der Waals surface area contributed by atoms with E-state index in [-0.39, 0.29) is 5.75 Å². The molecule has 3 amide bonds. The van der Waals surface area contributed by atoms with Crippen LogP contribution >= 0.6 is 11.8 Å². The van der Waals surface area contributed by atoms with E-state index in [0.29, 0.717) is 17.4 Å². The van der Waals surface area contributed by atoms with Gasteiger partial charge >= 0.3 is 12.2 Å². The minimum Gasteiger partial charge on any atom is -0.329 e. The number of halogens is 3. The van der Waals surface area contributed by atoms with E-state index in [9.17, 15) is 22.8 Å². The molecule has 0 fully saturated rings. The number of urea groups is 1. The summed E-state index contributed by atoms with van der Waals surface area (Å²) in [6, 6.07) is 8.44. The maximum atomic E-state index is 12.0. The van der Waals surface area contributed by atoms with E-state index < -0.39 is 24.7 Å². The van der Waals surface area contributed by atoms with Gasteiger partial charge in [-0.2, -0.15) is 13.2 Å². The third-order valence-corrected chi connectivity index (χ3v) is 4.19. The monoisotopic (exact) mass is 387 g/mol. The summed E-state index contributed by atoms with van der Waals surface area (Å²) in [5, 5.41) is 11.9. The number of carbonyl (C=O) groups is 2. The molecule has 1 heterocycles. The minimum absolute atomic E-state index is 0.184. The van der Waals surface area contributed by atoms with Gasteiger partial charge in [0.15, 0.2) is 5.16 Å². The summed E-state index contributed by atoms with van der Waals surface area (Å²) in [7, 11) is 1.74. The van der Waals surface area contributed by atoms with Gasteiger partial charge in [0.05, 0.1) is 5.75 Å². The molecule has 2 rings (SSSR count). The maximum absolute atomic E-state index is 12.0. The van der Waals surface area contributed by atoms with Crippen LogP contribution in [-0.4, -0.2) is 45.2 Å². The fraction of sp³-hybridized carbons (Fsp3) is 0.333. The molecule has 7 nitrogen and oxygen atoms in total. The number of amides is 3. The molecule has 1 aromatic heterocycles. The Balaban J connectivity index is 1.82. The first kappa shape index (κ1) is 19.8. The van der Waals surface area contributed by atoms with Crippen LogP contribution in [-0.2, 0) is 18.3 Å². The number of alkyl halides is 3. The second-order valence-corrected chi connectivity index (χ2v) is 6.20. The van der Waals surface area contributed by atoms with Crippen LogP contribution in [0.1, 0.15) is 11.4 Å². The van der Waals surface area contributed by atoms with Crippen molar-refractivity contribution in [3.05, 3.63) is 41.7 Å². The Hall–Kier alpha value is -2.56. The van der Waals surface area contributed by atoms with Crippen LogP contribution in [0.5, 0.6) is 0 Å². The number of aromatic nitrogens is 3. The van der Waals surface area contributed by atoms with Crippen LogP contribution in [0.2, 0.25) is 0 Å². The number of imide groups is 1. The minimum atomic E-state index is -4.54. The summed E-state index contributed by atoms with van der Waals surface area (Å²) >= 11 is 1.03. The van der Waals surface area contributed by atoms with Crippen molar-refractivity contribution in [2.24, 2.45) is 7.05 Å². The molecule has 0 radical (unpaired) electrons. The lowest BCUT2D eigenvalue weighted by Crippen LogP contribution is -2.43. The predicted molar refractivity (Wildman–Crippen MR) is 88.6 cm³/mol. The molecule has 11 heteroatoms. The van der Waals surface area contributed by atoms with Crippen molar-refractivity contribution in [1.82, 2.24) is 25.4 Å². The fourth-order valence-electron chi connectivity index (χ4n) is 1.92. The van der Waals surface area contributed by atoms with Crippen LogP contribution in [0, 0.1) is 0 Å². The number of rotatable bonds is 6. The molecule has 140 valence electrons. The maximum Gasteiger partial charge on any atom is 0.405 e. The van der Waals surface area contributed by atoms with E-state index in [4.69, 9.17) is 0 Å². The second-order valence-electron chi connectivity index (χ2n) is 5.25. The van der Waals surface area contributed by atoms with Gasteiger partial charge < -0.3 is 9.88 Å². The lowest BCUT2D eigenvalue weighted by molar-refractivity contribution is -0.124. The van der Waals surface area contributed by atoms with Crippen molar-refractivity contribution in [3.63, 3.8) is 0 Å². The lowest BCUT2D eigenvalue weighted by atomic mass is 10.1. The van der Waals surface area contributed by atoms with E-state index in [2.05, 4.69) is 10.2 Å². The SMILES string of the molecule is Cn1c(Cc2ccccc2)nnc1SCC(=O)NC(=O)NCC(F)(F)F. The fourth-order valence-corrected chi connectivity index (χ4v) is 2.65. The highest BCUT2D eigenvalue weighted by Gasteiger charge is 2.28. The summed E-state index contributed by atoms with van der Waals surface area (Å²) in [6.45, 7) is -1.51. The number of nitrogens with zero attached hydrogens (tertiary/aromatic N) is 3. The van der Waals surface area contributed by atoms with E-state index >= 15 is 0 Å². The molecule has 0 atom stereocenters. The highest BCUT2D eigenvalue weighted by molar-refractivity contribution is 7.99. The molecule has 0 saturated heterocycles. The van der Waals surface area contributed by atoms with Gasteiger partial charge in [-0.1, -0.05) is 42.1 Å². The summed E-state index contributed by atoms with van der Waals surface area (Å²) in [6.07, 6.45) is -3.97. The molecule has 0 aliphatic heterocycles. The van der Waals surface area contributed by atoms with Gasteiger partial charge in [0.1, 0.15) is 12.4 Å². The van der Waals surface area contributed by atoms with Crippen molar-refractivity contribution in [2.45, 2.75) is 17.8 Å². The second kappa shape index (κ2) is 8.70. The Bertz CT molecular complexity index is 764. The van der Waals surface area contributed by atoms with Gasteiger partial charge in [-0.3, -0.25) is 10.1 Å². The molecule has 0 aliphatic carbocycles. The normalized spacial score (nSPS) is 11.2. The van der Waals surface area contributed by atoms with Crippen LogP contribution in [0.3, 0.4) is 0 Å². The zero-order chi connectivity index (χ0) is 19.2. The average molecular weight is 387 g/mol. The first-order valence-corrected chi connectivity index (χ1v) is 8.42. The van der Waals surface area contributed by atoms with E-state index in [1.807, 2.05) is 35.6 Å². The van der Waals surface area contributed by atoms with Gasteiger partial charge in [0.2, 0.25) is 5.91 Å². The van der Waals surface area contributed by atoms with Crippen molar-refractivity contribution in [1.29, 1.82) is 0 Å². The highest BCUT2D eigenvalue weighted by atomic mass is 32.2. The van der Waals surface area contributed by atoms with Gasteiger partial charge in [0, 0.05) is 13.5 Å². The van der Waals surface area contributed by atoms with Crippen molar-refractivity contribution in [3.8, 4) is 0 Å². The number of hydrogen-bond donors (Lipinski definition) is 2. The number of carbonyl (C=O) groups excluding carboxylic acids is 2. The van der Waals surface area contributed by atoms with Crippen molar-refractivity contribution in [2.75, 3.05) is 12.3 Å². The Morgan fingerprint density at radius 3 is 2.54 bits per heavy atom. The molecule has 2 N–H and O–H groups in total. The standard InChI is InChI=1S/C15H16F3N5O2S/c1-23-11(7-10-5-3-2-4-6-10)21-22-14(23)26-8-12(24)20-13(25)19-9-15(16,17)18/h2-6H,7-9H2,1H3,(H2,19,20,24,25). The number of thioether (sulfide) groups is 1. The van der Waals surface area contributed by atoms with Gasteiger partial charge in [-0.15, -0.1) is 10.2 Å². The lowest BCUT2D eigenvalue weighted by Gasteiger charge is -2.09. The van der Waals surface area contributed by atoms with E-state index in [1.165, 1.54) is 0 Å². The molecular formula is C15H16F3N5O2S. The van der Waals surface area contributed by atoms with Crippen molar-refractivity contribution >= 4 is 23.7 Å². The predicted octanol–water partition coefficient (Wildman–Crippen LogP) is 1.89. The van der Waals surface area contributed by atoms with Gasteiger partial charge in [0.25, 0.3) is 0 Å². The Kier molecular flexibility index (Phi) is 6.61. The van der Waals surface area contributed by atoms with Crippen LogP contribution in [0.4, 0.5) is 18.0 Å². The van der Waals surface area contributed by atoms with Crippen LogP contribution in [0.15, 0.2) is 35.5 Å². The smallest absolute Gasteiger partial charge is 0.329 e.